The summed E-state index contributed by atoms with van der Waals surface area (Å²) < 4.78 is 13.0. The zero-order valence-electron chi connectivity index (χ0n) is 16.1. The van der Waals surface area contributed by atoms with Gasteiger partial charge in [-0.25, -0.2) is 0 Å². The van der Waals surface area contributed by atoms with Crippen LogP contribution in [-0.2, 0) is 24.9 Å². The summed E-state index contributed by atoms with van der Waals surface area (Å²) in [5.74, 6) is 1.61. The van der Waals surface area contributed by atoms with Gasteiger partial charge in [0.1, 0.15) is 12.4 Å². The fourth-order valence-corrected chi connectivity index (χ4v) is 2.45. The maximum atomic E-state index is 5.88. The van der Waals surface area contributed by atoms with Crippen LogP contribution in [0.5, 0.6) is 5.75 Å². The molecule has 0 atom stereocenters. The van der Waals surface area contributed by atoms with Crippen LogP contribution >= 0.6 is 0 Å². The third kappa shape index (κ3) is 6.40. The van der Waals surface area contributed by atoms with Crippen molar-refractivity contribution in [1.29, 1.82) is 0 Å². The van der Waals surface area contributed by atoms with Crippen LogP contribution in [0.1, 0.15) is 23.6 Å². The highest BCUT2D eigenvalue weighted by Gasteiger charge is 2.06. The number of nitrogens with one attached hydrogen (secondary N) is 2. The Kier molecular flexibility index (Phi) is 7.95. The van der Waals surface area contributed by atoms with Crippen molar-refractivity contribution in [3.63, 3.8) is 0 Å². The molecule has 0 amide bonds. The molecule has 26 heavy (non-hydrogen) atoms. The molecule has 0 saturated carbocycles. The summed E-state index contributed by atoms with van der Waals surface area (Å²) in [5.41, 5.74) is 3.35. The Labute approximate surface area is 155 Å². The molecule has 0 spiro atoms. The first kappa shape index (κ1) is 19.8. The average Bonchev–Trinajstić information content (AvgIpc) is 3.05. The molecule has 0 aliphatic carbocycles. The highest BCUT2D eigenvalue weighted by molar-refractivity contribution is 5.79. The molecule has 7 nitrogen and oxygen atoms in total. The number of benzene rings is 1. The number of ether oxygens (including phenoxy) is 2. The van der Waals surface area contributed by atoms with Gasteiger partial charge in [-0.2, -0.15) is 5.10 Å². The minimum Gasteiger partial charge on any atom is -0.491 e. The summed E-state index contributed by atoms with van der Waals surface area (Å²) >= 11 is 0. The summed E-state index contributed by atoms with van der Waals surface area (Å²) in [6.45, 7) is 7.15. The Bertz CT molecular complexity index is 712. The van der Waals surface area contributed by atoms with Crippen molar-refractivity contribution in [3.05, 3.63) is 47.3 Å². The summed E-state index contributed by atoms with van der Waals surface area (Å²) in [5, 5.41) is 10.8. The number of aliphatic imine (C=N–C) groups is 1. The fourth-order valence-electron chi connectivity index (χ4n) is 2.45. The molecule has 0 bridgehead atoms. The average molecular weight is 359 g/mol. The number of aryl methyl sites for hydroxylation is 2. The SMILES string of the molecule is CCOCCOc1cc(C)ccc1CNC(=NC)NCc1cnn(C)c1. The molecule has 0 fully saturated rings. The maximum Gasteiger partial charge on any atom is 0.191 e. The molecule has 2 N–H and O–H groups in total. The molecular weight excluding hydrogens is 330 g/mol. The van der Waals surface area contributed by atoms with Gasteiger partial charge in [-0.3, -0.25) is 9.67 Å². The predicted octanol–water partition coefficient (Wildman–Crippen LogP) is 2.01. The highest BCUT2D eigenvalue weighted by atomic mass is 16.5. The summed E-state index contributed by atoms with van der Waals surface area (Å²) in [7, 11) is 3.66. The zero-order valence-corrected chi connectivity index (χ0v) is 16.1. The van der Waals surface area contributed by atoms with Crippen LogP contribution in [-0.4, -0.2) is 42.6 Å². The molecule has 0 radical (unpaired) electrons. The first-order chi connectivity index (χ1) is 12.6. The van der Waals surface area contributed by atoms with Gasteiger partial charge >= 0.3 is 0 Å². The fraction of sp³-hybridized carbons (Fsp3) is 0.474. The van der Waals surface area contributed by atoms with Gasteiger partial charge < -0.3 is 20.1 Å². The Morgan fingerprint density at radius 1 is 1.23 bits per heavy atom. The van der Waals surface area contributed by atoms with Gasteiger partial charge in [-0.15, -0.1) is 0 Å². The largest absolute Gasteiger partial charge is 0.491 e. The number of nitrogens with zero attached hydrogens (tertiary/aromatic N) is 3. The van der Waals surface area contributed by atoms with Crippen molar-refractivity contribution >= 4 is 5.96 Å². The van der Waals surface area contributed by atoms with E-state index in [4.69, 9.17) is 9.47 Å². The third-order valence-corrected chi connectivity index (χ3v) is 3.80. The predicted molar refractivity (Wildman–Crippen MR) is 103 cm³/mol. The molecule has 0 saturated heterocycles. The second kappa shape index (κ2) is 10.5. The molecule has 0 unspecified atom stereocenters. The lowest BCUT2D eigenvalue weighted by molar-refractivity contribution is 0.110. The Morgan fingerprint density at radius 2 is 2.04 bits per heavy atom. The molecular formula is C19H29N5O2. The number of hydrogen-bond donors (Lipinski definition) is 2. The van der Waals surface area contributed by atoms with Crippen molar-refractivity contribution in [2.75, 3.05) is 26.9 Å². The van der Waals surface area contributed by atoms with Gasteiger partial charge in [0.15, 0.2) is 5.96 Å². The zero-order chi connectivity index (χ0) is 18.8. The van der Waals surface area contributed by atoms with Crippen molar-refractivity contribution in [1.82, 2.24) is 20.4 Å². The lowest BCUT2D eigenvalue weighted by Crippen LogP contribution is -2.36. The van der Waals surface area contributed by atoms with Gasteiger partial charge in [0.05, 0.1) is 12.8 Å². The Morgan fingerprint density at radius 3 is 2.73 bits per heavy atom. The number of rotatable bonds is 9. The quantitative estimate of drug-likeness (QED) is 0.407. The van der Waals surface area contributed by atoms with Crippen LogP contribution in [0.3, 0.4) is 0 Å². The Balaban J connectivity index is 1.89. The van der Waals surface area contributed by atoms with Gasteiger partial charge in [0.25, 0.3) is 0 Å². The van der Waals surface area contributed by atoms with Crippen LogP contribution in [0.4, 0.5) is 0 Å². The van der Waals surface area contributed by atoms with Crippen LogP contribution in [0, 0.1) is 6.92 Å². The van der Waals surface area contributed by atoms with E-state index in [-0.39, 0.29) is 0 Å². The molecule has 0 aliphatic rings. The number of guanidine groups is 1. The van der Waals surface area contributed by atoms with E-state index in [1.165, 1.54) is 5.56 Å². The topological polar surface area (TPSA) is 72.7 Å². The van der Waals surface area contributed by atoms with Crippen LogP contribution in [0.25, 0.3) is 0 Å². The first-order valence-electron chi connectivity index (χ1n) is 8.84. The highest BCUT2D eigenvalue weighted by Crippen LogP contribution is 2.20. The number of hydrogen-bond acceptors (Lipinski definition) is 4. The lowest BCUT2D eigenvalue weighted by Gasteiger charge is -2.15. The molecule has 2 aromatic rings. The molecule has 7 heteroatoms. The van der Waals surface area contributed by atoms with E-state index in [0.29, 0.717) is 32.9 Å². The van der Waals surface area contributed by atoms with Crippen LogP contribution in [0.2, 0.25) is 0 Å². The monoisotopic (exact) mass is 359 g/mol. The van der Waals surface area contributed by atoms with Crippen LogP contribution in [0.15, 0.2) is 35.6 Å². The van der Waals surface area contributed by atoms with Gasteiger partial charge in [0, 0.05) is 51.1 Å². The van der Waals surface area contributed by atoms with Crippen molar-refractivity contribution < 1.29 is 9.47 Å². The number of aromatic nitrogens is 2. The van der Waals surface area contributed by atoms with Crippen molar-refractivity contribution in [2.24, 2.45) is 12.0 Å². The minimum atomic E-state index is 0.540. The first-order valence-corrected chi connectivity index (χ1v) is 8.84. The molecule has 142 valence electrons. The van der Waals surface area contributed by atoms with Gasteiger partial charge in [-0.1, -0.05) is 12.1 Å². The van der Waals surface area contributed by atoms with E-state index >= 15 is 0 Å². The Hall–Kier alpha value is -2.54. The second-order valence-electron chi connectivity index (χ2n) is 5.96. The molecule has 0 aliphatic heterocycles. The third-order valence-electron chi connectivity index (χ3n) is 3.80. The van der Waals surface area contributed by atoms with Crippen LogP contribution < -0.4 is 15.4 Å². The molecule has 2 rings (SSSR count). The molecule has 1 heterocycles. The van der Waals surface area contributed by atoms with Crippen molar-refractivity contribution in [2.45, 2.75) is 26.9 Å². The molecule has 1 aromatic carbocycles. The van der Waals surface area contributed by atoms with E-state index in [2.05, 4.69) is 45.8 Å². The van der Waals surface area contributed by atoms with E-state index in [9.17, 15) is 0 Å². The minimum absolute atomic E-state index is 0.540. The normalized spacial score (nSPS) is 11.5. The lowest BCUT2D eigenvalue weighted by atomic mass is 10.1. The maximum absolute atomic E-state index is 5.88. The second-order valence-corrected chi connectivity index (χ2v) is 5.96. The van der Waals surface area contributed by atoms with E-state index < -0.39 is 0 Å². The summed E-state index contributed by atoms with van der Waals surface area (Å²) in [4.78, 5) is 4.27. The summed E-state index contributed by atoms with van der Waals surface area (Å²) in [6, 6.07) is 6.21. The van der Waals surface area contributed by atoms with Crippen molar-refractivity contribution in [3.8, 4) is 5.75 Å². The standard InChI is InChI=1S/C19H29N5O2/c1-5-25-8-9-26-18-10-15(2)6-7-17(18)13-22-19(20-3)21-11-16-12-23-24(4)14-16/h6-7,10,12,14H,5,8-9,11,13H2,1-4H3,(H2,20,21,22). The van der Waals surface area contributed by atoms with Gasteiger partial charge in [0.2, 0.25) is 0 Å². The smallest absolute Gasteiger partial charge is 0.191 e. The summed E-state index contributed by atoms with van der Waals surface area (Å²) in [6.07, 6.45) is 3.81. The van der Waals surface area contributed by atoms with E-state index in [1.54, 1.807) is 11.7 Å². The molecule has 1 aromatic heterocycles. The van der Waals surface area contributed by atoms with Gasteiger partial charge in [-0.05, 0) is 25.5 Å². The van der Waals surface area contributed by atoms with E-state index in [1.807, 2.05) is 26.4 Å². The van der Waals surface area contributed by atoms with E-state index in [0.717, 1.165) is 22.8 Å².